The van der Waals surface area contributed by atoms with Crippen molar-refractivity contribution in [1.82, 2.24) is 9.80 Å². The standard InChI is InChI=1S/C9H20N2O2/c1-5-11(6-2)9(13)10(4)8(3)7-12/h8,12H,5-7H2,1-4H3. The summed E-state index contributed by atoms with van der Waals surface area (Å²) in [7, 11) is 1.71. The zero-order chi connectivity index (χ0) is 10.4. The van der Waals surface area contributed by atoms with Crippen LogP contribution in [-0.4, -0.2) is 53.7 Å². The molecule has 0 aromatic heterocycles. The maximum atomic E-state index is 11.6. The fourth-order valence-corrected chi connectivity index (χ4v) is 1.03. The van der Waals surface area contributed by atoms with Crippen LogP contribution in [0.1, 0.15) is 20.8 Å². The quantitative estimate of drug-likeness (QED) is 0.708. The van der Waals surface area contributed by atoms with Gasteiger partial charge in [0, 0.05) is 20.1 Å². The number of amides is 2. The number of rotatable bonds is 4. The van der Waals surface area contributed by atoms with Crippen LogP contribution >= 0.6 is 0 Å². The van der Waals surface area contributed by atoms with Crippen molar-refractivity contribution in [1.29, 1.82) is 0 Å². The number of nitrogens with zero attached hydrogens (tertiary/aromatic N) is 2. The van der Waals surface area contributed by atoms with Gasteiger partial charge in [-0.2, -0.15) is 0 Å². The van der Waals surface area contributed by atoms with E-state index < -0.39 is 0 Å². The highest BCUT2D eigenvalue weighted by molar-refractivity contribution is 5.74. The van der Waals surface area contributed by atoms with E-state index >= 15 is 0 Å². The van der Waals surface area contributed by atoms with Gasteiger partial charge in [0.15, 0.2) is 0 Å². The summed E-state index contributed by atoms with van der Waals surface area (Å²) in [5.74, 6) is 0. The lowest BCUT2D eigenvalue weighted by Crippen LogP contribution is -2.46. The number of carbonyl (C=O) groups is 1. The molecule has 0 radical (unpaired) electrons. The molecule has 78 valence electrons. The zero-order valence-electron chi connectivity index (χ0n) is 8.95. The molecule has 4 heteroatoms. The van der Waals surface area contributed by atoms with Crippen molar-refractivity contribution in [2.24, 2.45) is 0 Å². The molecule has 0 fully saturated rings. The third kappa shape index (κ3) is 3.22. The number of hydrogen-bond donors (Lipinski definition) is 1. The summed E-state index contributed by atoms with van der Waals surface area (Å²) in [4.78, 5) is 14.9. The first kappa shape index (κ1) is 12.2. The predicted octanol–water partition coefficient (Wildman–Crippen LogP) is 0.761. The Morgan fingerprint density at radius 1 is 1.38 bits per heavy atom. The SMILES string of the molecule is CCN(CC)C(=O)N(C)C(C)CO. The number of aliphatic hydroxyl groups is 1. The summed E-state index contributed by atoms with van der Waals surface area (Å²) in [6.07, 6.45) is 0. The highest BCUT2D eigenvalue weighted by atomic mass is 16.3. The normalized spacial score (nSPS) is 12.4. The molecule has 1 atom stereocenters. The maximum Gasteiger partial charge on any atom is 0.320 e. The van der Waals surface area contributed by atoms with Crippen molar-refractivity contribution in [3.8, 4) is 0 Å². The molecule has 0 aromatic rings. The minimum Gasteiger partial charge on any atom is -0.394 e. The summed E-state index contributed by atoms with van der Waals surface area (Å²) in [6, 6.07) is -0.139. The molecule has 13 heavy (non-hydrogen) atoms. The van der Waals surface area contributed by atoms with Gasteiger partial charge in [0.05, 0.1) is 12.6 Å². The Morgan fingerprint density at radius 3 is 2.15 bits per heavy atom. The van der Waals surface area contributed by atoms with Crippen LogP contribution in [0.15, 0.2) is 0 Å². The van der Waals surface area contributed by atoms with Gasteiger partial charge in [-0.3, -0.25) is 0 Å². The second-order valence-electron chi connectivity index (χ2n) is 3.10. The molecular formula is C9H20N2O2. The summed E-state index contributed by atoms with van der Waals surface area (Å²) < 4.78 is 0. The Hall–Kier alpha value is -0.770. The highest BCUT2D eigenvalue weighted by Gasteiger charge is 2.18. The Morgan fingerprint density at radius 2 is 1.85 bits per heavy atom. The van der Waals surface area contributed by atoms with Crippen LogP contribution < -0.4 is 0 Å². The van der Waals surface area contributed by atoms with Crippen LogP contribution in [-0.2, 0) is 0 Å². The average molecular weight is 188 g/mol. The van der Waals surface area contributed by atoms with Gasteiger partial charge in [0.1, 0.15) is 0 Å². The van der Waals surface area contributed by atoms with Gasteiger partial charge in [-0.15, -0.1) is 0 Å². The van der Waals surface area contributed by atoms with Crippen LogP contribution in [0.5, 0.6) is 0 Å². The van der Waals surface area contributed by atoms with Crippen molar-refractivity contribution in [3.63, 3.8) is 0 Å². The fraction of sp³-hybridized carbons (Fsp3) is 0.889. The van der Waals surface area contributed by atoms with E-state index in [1.165, 1.54) is 0 Å². The van der Waals surface area contributed by atoms with Gasteiger partial charge in [0.2, 0.25) is 0 Å². The molecule has 1 N–H and O–H groups in total. The van der Waals surface area contributed by atoms with Gasteiger partial charge in [-0.05, 0) is 20.8 Å². The van der Waals surface area contributed by atoms with Crippen molar-refractivity contribution >= 4 is 6.03 Å². The zero-order valence-corrected chi connectivity index (χ0v) is 8.95. The van der Waals surface area contributed by atoms with E-state index in [4.69, 9.17) is 5.11 Å². The third-order valence-electron chi connectivity index (χ3n) is 2.26. The lowest BCUT2D eigenvalue weighted by atomic mass is 10.3. The summed E-state index contributed by atoms with van der Waals surface area (Å²) in [6.45, 7) is 7.12. The van der Waals surface area contributed by atoms with E-state index in [9.17, 15) is 4.79 Å². The highest BCUT2D eigenvalue weighted by Crippen LogP contribution is 2.01. The first-order valence-electron chi connectivity index (χ1n) is 4.71. The van der Waals surface area contributed by atoms with Crippen molar-refractivity contribution in [2.75, 3.05) is 26.7 Å². The first-order valence-corrected chi connectivity index (χ1v) is 4.71. The minimum absolute atomic E-state index is 0.00348. The van der Waals surface area contributed by atoms with Crippen LogP contribution in [0.25, 0.3) is 0 Å². The molecule has 0 spiro atoms. The smallest absolute Gasteiger partial charge is 0.320 e. The largest absolute Gasteiger partial charge is 0.394 e. The Balaban J connectivity index is 4.22. The van der Waals surface area contributed by atoms with Gasteiger partial charge in [0.25, 0.3) is 0 Å². The topological polar surface area (TPSA) is 43.8 Å². The maximum absolute atomic E-state index is 11.6. The molecule has 0 aliphatic heterocycles. The van der Waals surface area contributed by atoms with Gasteiger partial charge < -0.3 is 14.9 Å². The van der Waals surface area contributed by atoms with Gasteiger partial charge in [-0.1, -0.05) is 0 Å². The van der Waals surface area contributed by atoms with Crippen LogP contribution in [0.4, 0.5) is 4.79 Å². The number of likely N-dealkylation sites (N-methyl/N-ethyl adjacent to an activating group) is 1. The molecule has 4 nitrogen and oxygen atoms in total. The molecule has 0 aromatic carbocycles. The average Bonchev–Trinajstić information content (AvgIpc) is 2.17. The Kier molecular flexibility index (Phi) is 5.46. The van der Waals surface area contributed by atoms with Crippen molar-refractivity contribution in [3.05, 3.63) is 0 Å². The molecule has 0 rings (SSSR count). The van der Waals surface area contributed by atoms with E-state index in [-0.39, 0.29) is 18.7 Å². The molecule has 0 heterocycles. The Labute approximate surface area is 80.1 Å². The number of aliphatic hydroxyl groups excluding tert-OH is 1. The predicted molar refractivity (Wildman–Crippen MR) is 52.6 cm³/mol. The Bertz CT molecular complexity index is 158. The summed E-state index contributed by atoms with van der Waals surface area (Å²) >= 11 is 0. The van der Waals surface area contributed by atoms with E-state index in [2.05, 4.69) is 0 Å². The third-order valence-corrected chi connectivity index (χ3v) is 2.26. The molecule has 2 amide bonds. The van der Waals surface area contributed by atoms with Crippen LogP contribution in [0.3, 0.4) is 0 Å². The second-order valence-corrected chi connectivity index (χ2v) is 3.10. The molecule has 0 aliphatic carbocycles. The first-order chi connectivity index (χ1) is 6.08. The lowest BCUT2D eigenvalue weighted by molar-refractivity contribution is 0.129. The van der Waals surface area contributed by atoms with E-state index in [0.717, 1.165) is 0 Å². The minimum atomic E-state index is -0.118. The molecule has 0 saturated heterocycles. The second kappa shape index (κ2) is 5.80. The lowest BCUT2D eigenvalue weighted by Gasteiger charge is -2.29. The van der Waals surface area contributed by atoms with Crippen molar-refractivity contribution < 1.29 is 9.90 Å². The molecule has 0 aliphatic rings. The number of carbonyl (C=O) groups excluding carboxylic acids is 1. The molecule has 0 bridgehead atoms. The van der Waals surface area contributed by atoms with Gasteiger partial charge in [-0.25, -0.2) is 4.79 Å². The van der Waals surface area contributed by atoms with E-state index in [1.54, 1.807) is 16.8 Å². The van der Waals surface area contributed by atoms with E-state index in [0.29, 0.717) is 13.1 Å². The summed E-state index contributed by atoms with van der Waals surface area (Å²) in [5, 5.41) is 8.87. The van der Waals surface area contributed by atoms with Gasteiger partial charge >= 0.3 is 6.03 Å². The molecule has 1 unspecified atom stereocenters. The van der Waals surface area contributed by atoms with Crippen molar-refractivity contribution in [2.45, 2.75) is 26.8 Å². The fourth-order valence-electron chi connectivity index (χ4n) is 1.03. The van der Waals surface area contributed by atoms with Crippen LogP contribution in [0.2, 0.25) is 0 Å². The molecular weight excluding hydrogens is 168 g/mol. The molecule has 0 saturated carbocycles. The number of urea groups is 1. The van der Waals surface area contributed by atoms with E-state index in [1.807, 2.05) is 20.8 Å². The number of hydrogen-bond acceptors (Lipinski definition) is 2. The van der Waals surface area contributed by atoms with Crippen LogP contribution in [0, 0.1) is 0 Å². The monoisotopic (exact) mass is 188 g/mol. The summed E-state index contributed by atoms with van der Waals surface area (Å²) in [5.41, 5.74) is 0.